The summed E-state index contributed by atoms with van der Waals surface area (Å²) in [5.41, 5.74) is -0.245. The fourth-order valence-electron chi connectivity index (χ4n) is 3.74. The third kappa shape index (κ3) is 4.91. The monoisotopic (exact) mass is 380 g/mol. The molecule has 0 aromatic carbocycles. The van der Waals surface area contributed by atoms with E-state index in [0.717, 1.165) is 25.7 Å². The van der Waals surface area contributed by atoms with Gasteiger partial charge < -0.3 is 14.6 Å². The summed E-state index contributed by atoms with van der Waals surface area (Å²) in [6.45, 7) is 5.80. The maximum absolute atomic E-state index is 14.0. The second kappa shape index (κ2) is 8.04. The predicted octanol–water partition coefficient (Wildman–Crippen LogP) is 2.63. The van der Waals surface area contributed by atoms with Crippen molar-refractivity contribution in [1.82, 2.24) is 20.4 Å². The second-order valence-electron chi connectivity index (χ2n) is 8.64. The van der Waals surface area contributed by atoms with Crippen LogP contribution in [0.15, 0.2) is 4.42 Å². The van der Waals surface area contributed by atoms with E-state index < -0.39 is 18.0 Å². The lowest BCUT2D eigenvalue weighted by atomic mass is 9.89. The molecule has 8 heteroatoms. The van der Waals surface area contributed by atoms with Crippen LogP contribution in [0.4, 0.5) is 4.39 Å². The highest BCUT2D eigenvalue weighted by Gasteiger charge is 2.42. The van der Waals surface area contributed by atoms with Crippen molar-refractivity contribution in [2.45, 2.75) is 83.0 Å². The summed E-state index contributed by atoms with van der Waals surface area (Å²) in [6.07, 6.45) is 4.15. The Kier molecular flexibility index (Phi) is 5.93. The van der Waals surface area contributed by atoms with Gasteiger partial charge in [-0.1, -0.05) is 19.3 Å². The third-order valence-corrected chi connectivity index (χ3v) is 5.25. The Morgan fingerprint density at radius 3 is 2.59 bits per heavy atom. The van der Waals surface area contributed by atoms with Gasteiger partial charge in [-0.3, -0.25) is 9.59 Å². The lowest BCUT2D eigenvalue weighted by Gasteiger charge is -2.26. The average molecular weight is 380 g/mol. The molecule has 7 nitrogen and oxygen atoms in total. The minimum atomic E-state index is -1.22. The van der Waals surface area contributed by atoms with Crippen molar-refractivity contribution in [3.63, 3.8) is 0 Å². The molecule has 1 N–H and O–H groups in total. The molecular weight excluding hydrogens is 351 g/mol. The van der Waals surface area contributed by atoms with Crippen molar-refractivity contribution in [3.8, 4) is 0 Å². The van der Waals surface area contributed by atoms with Crippen LogP contribution in [-0.4, -0.2) is 57.6 Å². The van der Waals surface area contributed by atoms with Crippen molar-refractivity contribution in [2.24, 2.45) is 0 Å². The maximum atomic E-state index is 14.0. The van der Waals surface area contributed by atoms with E-state index in [0.29, 0.717) is 5.89 Å². The smallest absolute Gasteiger partial charge is 0.286 e. The van der Waals surface area contributed by atoms with E-state index in [1.54, 1.807) is 0 Å². The molecule has 27 heavy (non-hydrogen) atoms. The van der Waals surface area contributed by atoms with Crippen molar-refractivity contribution >= 4 is 11.7 Å². The van der Waals surface area contributed by atoms with E-state index in [1.807, 2.05) is 20.8 Å². The molecule has 2 fully saturated rings. The fourth-order valence-corrected chi connectivity index (χ4v) is 3.74. The van der Waals surface area contributed by atoms with Gasteiger partial charge in [0.25, 0.3) is 5.89 Å². The molecule has 1 amide bonds. The molecule has 1 aliphatic heterocycles. The number of carbonyl (C=O) groups is 2. The van der Waals surface area contributed by atoms with Crippen LogP contribution in [0.25, 0.3) is 0 Å². The van der Waals surface area contributed by atoms with E-state index in [2.05, 4.69) is 15.5 Å². The Balaban J connectivity index is 1.68. The lowest BCUT2D eigenvalue weighted by molar-refractivity contribution is -0.130. The average Bonchev–Trinajstić information content (AvgIpc) is 3.26. The Labute approximate surface area is 159 Å². The Bertz CT molecular complexity index is 679. The second-order valence-corrected chi connectivity index (χ2v) is 8.64. The fraction of sp³-hybridized carbons (Fsp3) is 0.789. The standard InChI is InChI=1S/C19H29FN4O3/c1-19(2,3)21-10-15(25)24-11-13(20)9-14(24)16(26)18-23-22-17(27-18)12-7-5-4-6-8-12/h12-14,21H,4-11H2,1-3H3/t13-,14?/m0/s1. The van der Waals surface area contributed by atoms with E-state index in [4.69, 9.17) is 4.42 Å². The van der Waals surface area contributed by atoms with Gasteiger partial charge in [0.2, 0.25) is 17.6 Å². The number of rotatable bonds is 5. The highest BCUT2D eigenvalue weighted by atomic mass is 19.1. The zero-order chi connectivity index (χ0) is 19.6. The number of Topliss-reactive ketones (excluding diaryl/α,β-unsaturated/α-hetero) is 1. The minimum absolute atomic E-state index is 0.0266. The van der Waals surface area contributed by atoms with Crippen LogP contribution >= 0.6 is 0 Å². The van der Waals surface area contributed by atoms with Crippen LogP contribution in [0.5, 0.6) is 0 Å². The van der Waals surface area contributed by atoms with Gasteiger partial charge in [-0.25, -0.2) is 4.39 Å². The predicted molar refractivity (Wildman–Crippen MR) is 97.2 cm³/mol. The summed E-state index contributed by atoms with van der Waals surface area (Å²) >= 11 is 0. The molecule has 0 spiro atoms. The summed E-state index contributed by atoms with van der Waals surface area (Å²) in [5.74, 6) is -0.195. The molecule has 1 aromatic heterocycles. The molecule has 0 bridgehead atoms. The highest BCUT2D eigenvalue weighted by molar-refractivity contribution is 5.99. The van der Waals surface area contributed by atoms with Crippen LogP contribution in [0, 0.1) is 0 Å². The van der Waals surface area contributed by atoms with Gasteiger partial charge >= 0.3 is 0 Å². The van der Waals surface area contributed by atoms with Crippen LogP contribution in [0.3, 0.4) is 0 Å². The Hall–Kier alpha value is -1.83. The molecule has 0 radical (unpaired) electrons. The number of carbonyl (C=O) groups excluding carboxylic acids is 2. The van der Waals surface area contributed by atoms with Gasteiger partial charge in [0.1, 0.15) is 12.2 Å². The Morgan fingerprint density at radius 1 is 1.22 bits per heavy atom. The molecule has 3 rings (SSSR count). The number of nitrogens with one attached hydrogen (secondary N) is 1. The first kappa shape index (κ1) is 19.9. The minimum Gasteiger partial charge on any atom is -0.418 e. The summed E-state index contributed by atoms with van der Waals surface area (Å²) in [7, 11) is 0. The SMILES string of the molecule is CC(C)(C)NCC(=O)N1C[C@@H](F)CC1C(=O)c1nnc(C2CCCCC2)o1. The van der Waals surface area contributed by atoms with Gasteiger partial charge in [0.05, 0.1) is 13.1 Å². The maximum Gasteiger partial charge on any atom is 0.286 e. The Morgan fingerprint density at radius 2 is 1.93 bits per heavy atom. The third-order valence-electron chi connectivity index (χ3n) is 5.25. The van der Waals surface area contributed by atoms with Gasteiger partial charge in [-0.05, 0) is 33.6 Å². The van der Waals surface area contributed by atoms with E-state index in [1.165, 1.54) is 11.3 Å². The number of amides is 1. The number of nitrogens with zero attached hydrogens (tertiary/aromatic N) is 3. The van der Waals surface area contributed by atoms with E-state index >= 15 is 0 Å². The van der Waals surface area contributed by atoms with Crippen molar-refractivity contribution in [2.75, 3.05) is 13.1 Å². The molecule has 1 aliphatic carbocycles. The number of hydrogen-bond donors (Lipinski definition) is 1. The van der Waals surface area contributed by atoms with Crippen molar-refractivity contribution < 1.29 is 18.4 Å². The highest BCUT2D eigenvalue weighted by Crippen LogP contribution is 2.32. The van der Waals surface area contributed by atoms with Gasteiger partial charge in [0.15, 0.2) is 0 Å². The number of likely N-dealkylation sites (tertiary alicyclic amines) is 1. The number of halogens is 1. The van der Waals surface area contributed by atoms with Crippen LogP contribution in [0.1, 0.15) is 81.8 Å². The summed E-state index contributed by atoms with van der Waals surface area (Å²) in [6, 6.07) is -0.881. The molecule has 1 unspecified atom stereocenters. The summed E-state index contributed by atoms with van der Waals surface area (Å²) in [4.78, 5) is 26.6. The molecule has 1 saturated carbocycles. The van der Waals surface area contributed by atoms with Crippen LogP contribution < -0.4 is 5.32 Å². The van der Waals surface area contributed by atoms with Crippen molar-refractivity contribution in [1.29, 1.82) is 0 Å². The lowest BCUT2D eigenvalue weighted by Crippen LogP contribution is -2.48. The largest absolute Gasteiger partial charge is 0.418 e. The summed E-state index contributed by atoms with van der Waals surface area (Å²) in [5, 5.41) is 11.0. The quantitative estimate of drug-likeness (QED) is 0.790. The molecular formula is C19H29FN4O3. The molecule has 2 atom stereocenters. The molecule has 2 aliphatic rings. The first-order valence-electron chi connectivity index (χ1n) is 9.81. The zero-order valence-electron chi connectivity index (χ0n) is 16.3. The molecule has 1 saturated heterocycles. The van der Waals surface area contributed by atoms with Crippen LogP contribution in [0.2, 0.25) is 0 Å². The molecule has 150 valence electrons. The van der Waals surface area contributed by atoms with Crippen LogP contribution in [-0.2, 0) is 4.79 Å². The zero-order valence-corrected chi connectivity index (χ0v) is 16.3. The van der Waals surface area contributed by atoms with E-state index in [-0.39, 0.29) is 42.8 Å². The summed E-state index contributed by atoms with van der Waals surface area (Å²) < 4.78 is 19.6. The number of ketones is 1. The first-order valence-corrected chi connectivity index (χ1v) is 9.81. The van der Waals surface area contributed by atoms with E-state index in [9.17, 15) is 14.0 Å². The number of alkyl halides is 1. The number of aromatic nitrogens is 2. The molecule has 1 aromatic rings. The van der Waals surface area contributed by atoms with Crippen molar-refractivity contribution in [3.05, 3.63) is 11.8 Å². The van der Waals surface area contributed by atoms with Gasteiger partial charge in [-0.15, -0.1) is 10.2 Å². The van der Waals surface area contributed by atoms with Gasteiger partial charge in [0, 0.05) is 17.9 Å². The van der Waals surface area contributed by atoms with Gasteiger partial charge in [-0.2, -0.15) is 0 Å². The number of hydrogen-bond acceptors (Lipinski definition) is 6. The molecule has 2 heterocycles. The topological polar surface area (TPSA) is 88.3 Å². The normalized spacial score (nSPS) is 24.4. The first-order chi connectivity index (χ1) is 12.7.